The molecule has 10 nitrogen and oxygen atoms in total. The van der Waals surface area contributed by atoms with Gasteiger partial charge in [0.25, 0.3) is 11.6 Å². The van der Waals surface area contributed by atoms with Crippen LogP contribution in [0.4, 0.5) is 16.2 Å². The summed E-state index contributed by atoms with van der Waals surface area (Å²) in [6.07, 6.45) is 1.16. The minimum absolute atomic E-state index is 0.0268. The molecule has 0 spiro atoms. The molecule has 172 valence electrons. The van der Waals surface area contributed by atoms with Crippen LogP contribution in [0, 0.1) is 10.1 Å². The van der Waals surface area contributed by atoms with Crippen LogP contribution in [0.1, 0.15) is 36.8 Å². The molecule has 3 aromatic rings. The first kappa shape index (κ1) is 23.5. The third kappa shape index (κ3) is 6.39. The number of nitrogens with zero attached hydrogens (tertiary/aromatic N) is 4. The maximum atomic E-state index is 12.6. The van der Waals surface area contributed by atoms with Gasteiger partial charge in [-0.1, -0.05) is 12.1 Å². The fourth-order valence-corrected chi connectivity index (χ4v) is 2.94. The molecule has 0 unspecified atom stereocenters. The van der Waals surface area contributed by atoms with Gasteiger partial charge < -0.3 is 15.0 Å². The number of anilines is 1. The van der Waals surface area contributed by atoms with Gasteiger partial charge in [0.2, 0.25) is 0 Å². The Morgan fingerprint density at radius 3 is 2.48 bits per heavy atom. The number of nitrogens with one attached hydrogen (secondary N) is 1. The van der Waals surface area contributed by atoms with Gasteiger partial charge >= 0.3 is 6.09 Å². The Morgan fingerprint density at radius 2 is 1.85 bits per heavy atom. The summed E-state index contributed by atoms with van der Waals surface area (Å²) in [6, 6.07) is 14.5. The molecular formula is C23H25N5O5. The highest BCUT2D eigenvalue weighted by atomic mass is 16.6. The predicted octanol–water partition coefficient (Wildman–Crippen LogP) is 4.40. The number of hydrogen-bond donors (Lipinski definition) is 1. The van der Waals surface area contributed by atoms with E-state index in [1.54, 1.807) is 70.4 Å². The van der Waals surface area contributed by atoms with Crippen LogP contribution >= 0.6 is 0 Å². The maximum Gasteiger partial charge on any atom is 0.410 e. The van der Waals surface area contributed by atoms with Gasteiger partial charge in [-0.05, 0) is 56.7 Å². The Morgan fingerprint density at radius 1 is 1.15 bits per heavy atom. The first-order valence-electron chi connectivity index (χ1n) is 10.2. The molecule has 3 rings (SSSR count). The summed E-state index contributed by atoms with van der Waals surface area (Å²) < 4.78 is 6.82. The van der Waals surface area contributed by atoms with Crippen LogP contribution in [0.25, 0.3) is 5.69 Å². The number of carbonyl (C=O) groups excluding carboxylic acids is 2. The largest absolute Gasteiger partial charge is 0.444 e. The minimum Gasteiger partial charge on any atom is -0.444 e. The van der Waals surface area contributed by atoms with Gasteiger partial charge in [-0.15, -0.1) is 0 Å². The Balaban J connectivity index is 1.65. The van der Waals surface area contributed by atoms with Gasteiger partial charge in [0.15, 0.2) is 5.69 Å². The Kier molecular flexibility index (Phi) is 6.76. The van der Waals surface area contributed by atoms with Gasteiger partial charge in [-0.3, -0.25) is 14.9 Å². The smallest absolute Gasteiger partial charge is 0.410 e. The number of benzene rings is 2. The molecule has 0 radical (unpaired) electrons. The normalized spacial score (nSPS) is 11.0. The van der Waals surface area contributed by atoms with Crippen molar-refractivity contribution < 1.29 is 19.2 Å². The Hall–Kier alpha value is -4.21. The SMILES string of the molecule is CN(Cc1cccc(NC(=O)c2ccn(-c3ccc([N+](=O)[O-])cc3)n2)c1)C(=O)OC(C)(C)C. The third-order valence-electron chi connectivity index (χ3n) is 4.46. The van der Waals surface area contributed by atoms with Crippen molar-refractivity contribution in [2.24, 2.45) is 0 Å². The Bertz CT molecular complexity index is 1160. The topological polar surface area (TPSA) is 120 Å². The van der Waals surface area contributed by atoms with Crippen LogP contribution in [-0.4, -0.2) is 44.3 Å². The van der Waals surface area contributed by atoms with E-state index in [4.69, 9.17) is 4.74 Å². The first-order chi connectivity index (χ1) is 15.5. The highest BCUT2D eigenvalue weighted by Crippen LogP contribution is 2.17. The minimum atomic E-state index is -0.584. The number of carbonyl (C=O) groups is 2. The second-order valence-corrected chi connectivity index (χ2v) is 8.41. The molecule has 0 bridgehead atoms. The molecule has 10 heteroatoms. The summed E-state index contributed by atoms with van der Waals surface area (Å²) in [6.45, 7) is 5.72. The van der Waals surface area contributed by atoms with Crippen molar-refractivity contribution in [1.82, 2.24) is 14.7 Å². The van der Waals surface area contributed by atoms with E-state index in [1.807, 2.05) is 6.07 Å². The Labute approximate surface area is 190 Å². The van der Waals surface area contributed by atoms with E-state index in [-0.39, 0.29) is 11.4 Å². The van der Waals surface area contributed by atoms with Crippen LogP contribution in [-0.2, 0) is 11.3 Å². The molecule has 1 aromatic heterocycles. The van der Waals surface area contributed by atoms with Gasteiger partial charge in [0, 0.05) is 37.6 Å². The molecule has 1 heterocycles. The average Bonchev–Trinajstić information content (AvgIpc) is 3.23. The van der Waals surface area contributed by atoms with Crippen molar-refractivity contribution in [2.75, 3.05) is 12.4 Å². The molecule has 0 atom stereocenters. The molecule has 0 fully saturated rings. The van der Waals surface area contributed by atoms with Crippen molar-refractivity contribution in [3.63, 3.8) is 0 Å². The summed E-state index contributed by atoms with van der Waals surface area (Å²) >= 11 is 0. The summed E-state index contributed by atoms with van der Waals surface area (Å²) in [5.74, 6) is -0.409. The molecule has 0 aliphatic rings. The number of rotatable bonds is 6. The molecule has 33 heavy (non-hydrogen) atoms. The van der Waals surface area contributed by atoms with E-state index in [2.05, 4.69) is 10.4 Å². The van der Waals surface area contributed by atoms with Crippen molar-refractivity contribution in [2.45, 2.75) is 32.9 Å². The van der Waals surface area contributed by atoms with Crippen LogP contribution < -0.4 is 5.32 Å². The quantitative estimate of drug-likeness (QED) is 0.438. The average molecular weight is 451 g/mol. The molecule has 0 saturated carbocycles. The van der Waals surface area contributed by atoms with Crippen molar-refractivity contribution >= 4 is 23.4 Å². The number of hydrogen-bond acceptors (Lipinski definition) is 6. The fourth-order valence-electron chi connectivity index (χ4n) is 2.94. The molecule has 0 aliphatic heterocycles. The monoisotopic (exact) mass is 451 g/mol. The van der Waals surface area contributed by atoms with Crippen LogP contribution in [0.3, 0.4) is 0 Å². The van der Waals surface area contributed by atoms with E-state index in [1.165, 1.54) is 21.7 Å². The zero-order chi connectivity index (χ0) is 24.2. The van der Waals surface area contributed by atoms with Crippen LogP contribution in [0.2, 0.25) is 0 Å². The van der Waals surface area contributed by atoms with Crippen molar-refractivity contribution in [1.29, 1.82) is 0 Å². The lowest BCUT2D eigenvalue weighted by Crippen LogP contribution is -2.33. The van der Waals surface area contributed by atoms with Crippen LogP contribution in [0.5, 0.6) is 0 Å². The number of nitro groups is 1. The molecule has 2 aromatic carbocycles. The molecular weight excluding hydrogens is 426 g/mol. The second-order valence-electron chi connectivity index (χ2n) is 8.41. The van der Waals surface area contributed by atoms with Crippen molar-refractivity contribution in [3.8, 4) is 5.69 Å². The van der Waals surface area contributed by atoms with Gasteiger partial charge in [0.05, 0.1) is 10.6 Å². The number of non-ortho nitro benzene ring substituents is 1. The number of aromatic nitrogens is 2. The summed E-state index contributed by atoms with van der Waals surface area (Å²) in [5, 5.41) is 17.8. The van der Waals surface area contributed by atoms with E-state index in [0.29, 0.717) is 17.9 Å². The second kappa shape index (κ2) is 9.51. The fraction of sp³-hybridized carbons (Fsp3) is 0.261. The van der Waals surface area contributed by atoms with Crippen molar-refractivity contribution in [3.05, 3.63) is 82.2 Å². The molecule has 0 saturated heterocycles. The number of ether oxygens (including phenoxy) is 1. The highest BCUT2D eigenvalue weighted by molar-refractivity contribution is 6.02. The zero-order valence-corrected chi connectivity index (χ0v) is 18.8. The van der Waals surface area contributed by atoms with E-state index in [9.17, 15) is 19.7 Å². The number of amides is 2. The van der Waals surface area contributed by atoms with E-state index >= 15 is 0 Å². The summed E-state index contributed by atoms with van der Waals surface area (Å²) in [4.78, 5) is 36.6. The summed E-state index contributed by atoms with van der Waals surface area (Å²) in [5.41, 5.74) is 1.54. The molecule has 0 aliphatic carbocycles. The molecule has 1 N–H and O–H groups in total. The zero-order valence-electron chi connectivity index (χ0n) is 18.8. The van der Waals surface area contributed by atoms with Crippen LogP contribution in [0.15, 0.2) is 60.8 Å². The van der Waals surface area contributed by atoms with E-state index < -0.39 is 22.5 Å². The lowest BCUT2D eigenvalue weighted by Gasteiger charge is -2.24. The third-order valence-corrected chi connectivity index (χ3v) is 4.46. The van der Waals surface area contributed by atoms with E-state index in [0.717, 1.165) is 5.56 Å². The highest BCUT2D eigenvalue weighted by Gasteiger charge is 2.20. The van der Waals surface area contributed by atoms with Gasteiger partial charge in [-0.25, -0.2) is 9.48 Å². The van der Waals surface area contributed by atoms with Gasteiger partial charge in [-0.2, -0.15) is 5.10 Å². The first-order valence-corrected chi connectivity index (χ1v) is 10.2. The molecule has 2 amide bonds. The maximum absolute atomic E-state index is 12.6. The standard InChI is InChI=1S/C23H25N5O5/c1-23(2,3)33-22(30)26(4)15-16-6-5-7-17(14-16)24-21(29)20-12-13-27(25-20)18-8-10-19(11-9-18)28(31)32/h5-14H,15H2,1-4H3,(H,24,29). The number of nitro benzene ring substituents is 1. The predicted molar refractivity (Wildman–Crippen MR) is 122 cm³/mol. The summed E-state index contributed by atoms with van der Waals surface area (Å²) in [7, 11) is 1.64. The van der Waals surface area contributed by atoms with Gasteiger partial charge in [0.1, 0.15) is 5.60 Å². The lowest BCUT2D eigenvalue weighted by molar-refractivity contribution is -0.384. The lowest BCUT2D eigenvalue weighted by atomic mass is 10.2.